The van der Waals surface area contributed by atoms with Crippen molar-refractivity contribution in [1.82, 2.24) is 0 Å². The highest BCUT2D eigenvalue weighted by molar-refractivity contribution is 5.81. The second kappa shape index (κ2) is 5.34. The van der Waals surface area contributed by atoms with Gasteiger partial charge in [0.1, 0.15) is 17.8 Å². The van der Waals surface area contributed by atoms with Crippen molar-refractivity contribution in [3.8, 4) is 5.75 Å². The zero-order valence-corrected chi connectivity index (χ0v) is 8.57. The molecular formula is C11H10F2O3. The number of hydrogen-bond donors (Lipinski definition) is 0. The summed E-state index contributed by atoms with van der Waals surface area (Å²) in [4.78, 5) is 21.4. The van der Waals surface area contributed by atoms with Crippen molar-refractivity contribution in [2.75, 3.05) is 0 Å². The van der Waals surface area contributed by atoms with E-state index in [0.717, 1.165) is 0 Å². The van der Waals surface area contributed by atoms with E-state index in [2.05, 4.69) is 4.74 Å². The number of rotatable bonds is 5. The predicted molar refractivity (Wildman–Crippen MR) is 52.8 cm³/mol. The average molecular weight is 228 g/mol. The first-order valence-corrected chi connectivity index (χ1v) is 4.55. The molecule has 0 radical (unpaired) electrons. The van der Waals surface area contributed by atoms with Crippen molar-refractivity contribution in [2.24, 2.45) is 0 Å². The molecule has 16 heavy (non-hydrogen) atoms. The van der Waals surface area contributed by atoms with Gasteiger partial charge in [-0.05, 0) is 25.1 Å². The number of carbonyl (C=O) groups excluding carboxylic acids is 2. The van der Waals surface area contributed by atoms with E-state index >= 15 is 0 Å². The van der Waals surface area contributed by atoms with Crippen molar-refractivity contribution < 1.29 is 23.1 Å². The normalized spacial score (nSPS) is 10.2. The summed E-state index contributed by atoms with van der Waals surface area (Å²) in [6.07, 6.45) is 0.541. The van der Waals surface area contributed by atoms with Crippen LogP contribution in [0, 0.1) is 0 Å². The Hall–Kier alpha value is -1.78. The summed E-state index contributed by atoms with van der Waals surface area (Å²) in [5, 5.41) is 0. The summed E-state index contributed by atoms with van der Waals surface area (Å²) >= 11 is 0. The molecule has 1 aromatic rings. The molecule has 0 aromatic heterocycles. The lowest BCUT2D eigenvalue weighted by atomic mass is 10.1. The van der Waals surface area contributed by atoms with E-state index in [0.29, 0.717) is 11.8 Å². The lowest BCUT2D eigenvalue weighted by molar-refractivity contribution is -0.116. The Kier molecular flexibility index (Phi) is 4.10. The van der Waals surface area contributed by atoms with Gasteiger partial charge in [-0.2, -0.15) is 8.78 Å². The van der Waals surface area contributed by atoms with E-state index in [1.54, 1.807) is 0 Å². The molecule has 0 saturated carbocycles. The molecule has 0 amide bonds. The highest BCUT2D eigenvalue weighted by atomic mass is 19.3. The zero-order chi connectivity index (χ0) is 12.1. The van der Waals surface area contributed by atoms with Gasteiger partial charge in [0.05, 0.1) is 0 Å². The molecular weight excluding hydrogens is 218 g/mol. The van der Waals surface area contributed by atoms with Crippen molar-refractivity contribution in [1.29, 1.82) is 0 Å². The fourth-order valence-corrected chi connectivity index (χ4v) is 1.29. The molecule has 0 atom stereocenters. The second-order valence-corrected chi connectivity index (χ2v) is 3.24. The van der Waals surface area contributed by atoms with Gasteiger partial charge in [0.25, 0.3) is 0 Å². The first-order chi connectivity index (χ1) is 7.52. The van der Waals surface area contributed by atoms with Crippen LogP contribution in [0.15, 0.2) is 18.2 Å². The standard InChI is InChI=1S/C11H10F2O3/c1-7(15)4-9-5-8(6-14)2-3-10(9)16-11(12)13/h2-3,5-6,11H,4H2,1H3. The Morgan fingerprint density at radius 1 is 1.50 bits per heavy atom. The van der Waals surface area contributed by atoms with Crippen LogP contribution < -0.4 is 4.74 Å². The zero-order valence-electron chi connectivity index (χ0n) is 8.57. The van der Waals surface area contributed by atoms with E-state index in [4.69, 9.17) is 0 Å². The van der Waals surface area contributed by atoms with Crippen molar-refractivity contribution in [3.63, 3.8) is 0 Å². The first-order valence-electron chi connectivity index (χ1n) is 4.55. The van der Waals surface area contributed by atoms with Gasteiger partial charge in [-0.3, -0.25) is 9.59 Å². The lowest BCUT2D eigenvalue weighted by Gasteiger charge is -2.09. The number of carbonyl (C=O) groups is 2. The summed E-state index contributed by atoms with van der Waals surface area (Å²) in [7, 11) is 0. The minimum atomic E-state index is -2.95. The molecule has 0 heterocycles. The SMILES string of the molecule is CC(=O)Cc1cc(C=O)ccc1OC(F)F. The number of benzene rings is 1. The van der Waals surface area contributed by atoms with Gasteiger partial charge in [-0.1, -0.05) is 0 Å². The van der Waals surface area contributed by atoms with Gasteiger partial charge >= 0.3 is 6.61 Å². The number of ketones is 1. The molecule has 1 rings (SSSR count). The van der Waals surface area contributed by atoms with Crippen LogP contribution in [0.3, 0.4) is 0 Å². The monoisotopic (exact) mass is 228 g/mol. The summed E-state index contributed by atoms with van der Waals surface area (Å²) < 4.78 is 28.3. The van der Waals surface area contributed by atoms with Crippen LogP contribution >= 0.6 is 0 Å². The fraction of sp³-hybridized carbons (Fsp3) is 0.273. The van der Waals surface area contributed by atoms with Gasteiger partial charge in [-0.15, -0.1) is 0 Å². The summed E-state index contributed by atoms with van der Waals surface area (Å²) in [5.74, 6) is -0.266. The molecule has 1 aromatic carbocycles. The summed E-state index contributed by atoms with van der Waals surface area (Å²) in [6.45, 7) is -1.62. The largest absolute Gasteiger partial charge is 0.435 e. The molecule has 0 aliphatic rings. The van der Waals surface area contributed by atoms with Crippen molar-refractivity contribution in [3.05, 3.63) is 29.3 Å². The number of halogens is 2. The van der Waals surface area contributed by atoms with Gasteiger partial charge in [0.15, 0.2) is 0 Å². The van der Waals surface area contributed by atoms with Gasteiger partial charge in [-0.25, -0.2) is 0 Å². The average Bonchev–Trinajstić information content (AvgIpc) is 2.19. The maximum absolute atomic E-state index is 12.0. The first kappa shape index (κ1) is 12.3. The van der Waals surface area contributed by atoms with E-state index in [9.17, 15) is 18.4 Å². The smallest absolute Gasteiger partial charge is 0.387 e. The third-order valence-corrected chi connectivity index (χ3v) is 1.88. The molecule has 0 aliphatic carbocycles. The minimum Gasteiger partial charge on any atom is -0.435 e. The molecule has 0 unspecified atom stereocenters. The Balaban J connectivity index is 3.05. The predicted octanol–water partition coefficient (Wildman–Crippen LogP) is 2.23. The Morgan fingerprint density at radius 2 is 2.19 bits per heavy atom. The molecule has 0 spiro atoms. The second-order valence-electron chi connectivity index (χ2n) is 3.24. The number of alkyl halides is 2. The van der Waals surface area contributed by atoms with Crippen molar-refractivity contribution >= 4 is 12.1 Å². The Labute approximate surface area is 91.0 Å². The Morgan fingerprint density at radius 3 is 2.69 bits per heavy atom. The van der Waals surface area contributed by atoms with E-state index in [1.165, 1.54) is 25.1 Å². The third kappa shape index (κ3) is 3.42. The third-order valence-electron chi connectivity index (χ3n) is 1.88. The highest BCUT2D eigenvalue weighted by Crippen LogP contribution is 2.22. The topological polar surface area (TPSA) is 43.4 Å². The molecule has 0 bridgehead atoms. The van der Waals surface area contributed by atoms with Crippen LogP contribution in [0.4, 0.5) is 8.78 Å². The highest BCUT2D eigenvalue weighted by Gasteiger charge is 2.11. The van der Waals surface area contributed by atoms with Crippen LogP contribution in [-0.4, -0.2) is 18.7 Å². The Bertz CT molecular complexity index is 402. The molecule has 86 valence electrons. The maximum Gasteiger partial charge on any atom is 0.387 e. The van der Waals surface area contributed by atoms with Crippen molar-refractivity contribution in [2.45, 2.75) is 20.0 Å². The number of ether oxygens (including phenoxy) is 1. The van der Waals surface area contributed by atoms with Crippen LogP contribution in [0.5, 0.6) is 5.75 Å². The van der Waals surface area contributed by atoms with Crippen LogP contribution in [0.25, 0.3) is 0 Å². The lowest BCUT2D eigenvalue weighted by Crippen LogP contribution is -2.07. The van der Waals surface area contributed by atoms with E-state index < -0.39 is 6.61 Å². The molecule has 0 saturated heterocycles. The molecule has 3 nitrogen and oxygen atoms in total. The maximum atomic E-state index is 12.0. The number of aldehydes is 1. The van der Waals surface area contributed by atoms with E-state index in [1.807, 2.05) is 0 Å². The molecule has 0 aliphatic heterocycles. The van der Waals surface area contributed by atoms with Crippen LogP contribution in [0.2, 0.25) is 0 Å². The molecule has 0 N–H and O–H groups in total. The van der Waals surface area contributed by atoms with Crippen LogP contribution in [0.1, 0.15) is 22.8 Å². The van der Waals surface area contributed by atoms with E-state index in [-0.39, 0.29) is 23.5 Å². The van der Waals surface area contributed by atoms with Gasteiger partial charge in [0.2, 0.25) is 0 Å². The fourth-order valence-electron chi connectivity index (χ4n) is 1.29. The number of Topliss-reactive ketones (excluding diaryl/α,β-unsaturated/α-hetero) is 1. The van der Waals surface area contributed by atoms with Gasteiger partial charge in [0, 0.05) is 17.5 Å². The van der Waals surface area contributed by atoms with Gasteiger partial charge < -0.3 is 4.74 Å². The summed E-state index contributed by atoms with van der Waals surface area (Å²) in [5.41, 5.74) is 0.607. The summed E-state index contributed by atoms with van der Waals surface area (Å²) in [6, 6.07) is 3.98. The number of hydrogen-bond acceptors (Lipinski definition) is 3. The molecule has 0 fully saturated rings. The molecule has 5 heteroatoms. The van der Waals surface area contributed by atoms with Crippen LogP contribution in [-0.2, 0) is 11.2 Å². The quantitative estimate of drug-likeness (QED) is 0.726. The minimum absolute atomic E-state index is 0.0380.